The molecule has 0 aliphatic rings. The molecule has 0 unspecified atom stereocenters. The molecule has 0 atom stereocenters. The third-order valence-electron chi connectivity index (χ3n) is 1.44. The second-order valence-corrected chi connectivity index (χ2v) is 3.30. The van der Waals surface area contributed by atoms with Gasteiger partial charge in [0.15, 0.2) is 0 Å². The lowest BCUT2D eigenvalue weighted by atomic mass is 10.2. The van der Waals surface area contributed by atoms with Crippen molar-refractivity contribution in [2.45, 2.75) is 11.3 Å². The van der Waals surface area contributed by atoms with Gasteiger partial charge in [-0.05, 0) is 5.56 Å². The third kappa shape index (κ3) is 2.11. The molecule has 3 heteroatoms. The quantitative estimate of drug-likeness (QED) is 0.545. The van der Waals surface area contributed by atoms with Gasteiger partial charge in [0, 0.05) is 6.42 Å². The van der Waals surface area contributed by atoms with Crippen LogP contribution in [-0.2, 0) is 21.2 Å². The highest BCUT2D eigenvalue weighted by atomic mass is 32.2. The van der Waals surface area contributed by atoms with Gasteiger partial charge in [0.05, 0.1) is 0 Å². The zero-order chi connectivity index (χ0) is 8.97. The van der Waals surface area contributed by atoms with E-state index < -0.39 is 10.6 Å². The van der Waals surface area contributed by atoms with Crippen LogP contribution in [0.1, 0.15) is 5.56 Å². The van der Waals surface area contributed by atoms with Gasteiger partial charge < -0.3 is 8.99 Å². The first-order valence-corrected chi connectivity index (χ1v) is 4.54. The minimum absolute atomic E-state index is 0.510. The first kappa shape index (κ1) is 8.82. The van der Waals surface area contributed by atoms with Gasteiger partial charge in [-0.3, -0.25) is 0 Å². The fourth-order valence-electron chi connectivity index (χ4n) is 0.849. The average molecular weight is 178 g/mol. The molecule has 1 rings (SSSR count). The van der Waals surface area contributed by atoms with Gasteiger partial charge in [-0.25, -0.2) is 0 Å². The van der Waals surface area contributed by atoms with E-state index in [0.29, 0.717) is 11.3 Å². The van der Waals surface area contributed by atoms with Crippen molar-refractivity contribution in [1.29, 1.82) is 4.78 Å². The van der Waals surface area contributed by atoms with Crippen LogP contribution >= 0.6 is 0 Å². The second-order valence-electron chi connectivity index (χ2n) is 2.29. The lowest BCUT2D eigenvalue weighted by Gasteiger charge is -2.01. The van der Waals surface area contributed by atoms with Crippen molar-refractivity contribution in [2.24, 2.45) is 0 Å². The van der Waals surface area contributed by atoms with Crippen LogP contribution in [0.15, 0.2) is 29.2 Å². The summed E-state index contributed by atoms with van der Waals surface area (Å²) >= 11 is 0. The molecule has 0 radical (unpaired) electrons. The number of hydrogen-bond acceptors (Lipinski definition) is 3. The topological polar surface area (TPSA) is 40.9 Å². The number of terminal acetylenes is 1. The number of nitrogens with one attached hydrogen (secondary N) is 1. The Bertz CT molecular complexity index is 363. The minimum Gasteiger partial charge on any atom is -0.440 e. The van der Waals surface area contributed by atoms with Crippen LogP contribution in [0.25, 0.3) is 0 Å². The summed E-state index contributed by atoms with van der Waals surface area (Å²) in [5, 5.41) is 0. The highest BCUT2D eigenvalue weighted by molar-refractivity contribution is 7.73. The SMILES string of the molecule is C#CCc1ccc([S-](=N)=O)cc1. The molecule has 12 heavy (non-hydrogen) atoms. The molecule has 0 amide bonds. The van der Waals surface area contributed by atoms with Crippen LogP contribution < -0.4 is 0 Å². The summed E-state index contributed by atoms with van der Waals surface area (Å²) in [5.41, 5.74) is 1.01. The Morgan fingerprint density at radius 3 is 2.42 bits per heavy atom. The number of rotatable bonds is 2. The summed E-state index contributed by atoms with van der Waals surface area (Å²) in [7, 11) is -1.64. The van der Waals surface area contributed by atoms with E-state index >= 15 is 0 Å². The molecular weight excluding hydrogens is 170 g/mol. The van der Waals surface area contributed by atoms with Crippen LogP contribution in [0.5, 0.6) is 0 Å². The molecule has 0 saturated heterocycles. The smallest absolute Gasteiger partial charge is 0.0337 e. The summed E-state index contributed by atoms with van der Waals surface area (Å²) in [5.74, 6) is 2.51. The zero-order valence-electron chi connectivity index (χ0n) is 6.41. The van der Waals surface area contributed by atoms with Crippen LogP contribution in [0.4, 0.5) is 0 Å². The van der Waals surface area contributed by atoms with E-state index in [4.69, 9.17) is 11.2 Å². The Kier molecular flexibility index (Phi) is 2.89. The maximum Gasteiger partial charge on any atom is 0.0337 e. The van der Waals surface area contributed by atoms with Crippen molar-refractivity contribution in [3.8, 4) is 12.3 Å². The van der Waals surface area contributed by atoms with E-state index in [-0.39, 0.29) is 0 Å². The summed E-state index contributed by atoms with van der Waals surface area (Å²) in [6.07, 6.45) is 5.69. The van der Waals surface area contributed by atoms with Crippen LogP contribution in [0, 0.1) is 17.1 Å². The Morgan fingerprint density at radius 2 is 2.00 bits per heavy atom. The lowest BCUT2D eigenvalue weighted by Crippen LogP contribution is -1.82. The minimum atomic E-state index is -1.64. The Hall–Kier alpha value is -1.27. The van der Waals surface area contributed by atoms with E-state index in [1.165, 1.54) is 0 Å². The van der Waals surface area contributed by atoms with Crippen LogP contribution in [-0.4, -0.2) is 0 Å². The maximum atomic E-state index is 10.7. The molecule has 0 bridgehead atoms. The van der Waals surface area contributed by atoms with E-state index in [0.717, 1.165) is 5.56 Å². The molecule has 0 heterocycles. The van der Waals surface area contributed by atoms with Gasteiger partial charge in [-0.2, -0.15) is 10.6 Å². The molecule has 0 aliphatic carbocycles. The first-order valence-electron chi connectivity index (χ1n) is 3.39. The van der Waals surface area contributed by atoms with Crippen molar-refractivity contribution >= 4 is 10.6 Å². The molecule has 0 aromatic heterocycles. The predicted molar refractivity (Wildman–Crippen MR) is 48.0 cm³/mol. The predicted octanol–water partition coefficient (Wildman–Crippen LogP) is 1.95. The number of hydrogen-bond donors (Lipinski definition) is 1. The summed E-state index contributed by atoms with van der Waals surface area (Å²) in [4.78, 5) is 0.510. The Balaban J connectivity index is 2.94. The highest BCUT2D eigenvalue weighted by Crippen LogP contribution is 2.05. The molecular formula is C9H8NOS-. The fourth-order valence-corrected chi connectivity index (χ4v) is 1.23. The fraction of sp³-hybridized carbons (Fsp3) is 0.111. The van der Waals surface area contributed by atoms with Crippen molar-refractivity contribution < 1.29 is 4.21 Å². The zero-order valence-corrected chi connectivity index (χ0v) is 7.23. The molecule has 1 aromatic carbocycles. The molecule has 0 spiro atoms. The van der Waals surface area contributed by atoms with Gasteiger partial charge in [0.1, 0.15) is 0 Å². The number of benzene rings is 1. The van der Waals surface area contributed by atoms with Gasteiger partial charge in [0.25, 0.3) is 0 Å². The van der Waals surface area contributed by atoms with Crippen molar-refractivity contribution in [1.82, 2.24) is 0 Å². The van der Waals surface area contributed by atoms with Gasteiger partial charge in [0.2, 0.25) is 0 Å². The summed E-state index contributed by atoms with van der Waals surface area (Å²) in [6, 6.07) is 6.91. The monoisotopic (exact) mass is 178 g/mol. The van der Waals surface area contributed by atoms with Crippen molar-refractivity contribution in [3.05, 3.63) is 29.8 Å². The summed E-state index contributed by atoms with van der Waals surface area (Å²) < 4.78 is 17.6. The lowest BCUT2D eigenvalue weighted by molar-refractivity contribution is 0.599. The van der Waals surface area contributed by atoms with Crippen molar-refractivity contribution in [3.63, 3.8) is 0 Å². The Morgan fingerprint density at radius 1 is 1.42 bits per heavy atom. The van der Waals surface area contributed by atoms with E-state index in [2.05, 4.69) is 5.92 Å². The first-order chi connectivity index (χ1) is 5.74. The van der Waals surface area contributed by atoms with E-state index in [1.807, 2.05) is 0 Å². The van der Waals surface area contributed by atoms with E-state index in [9.17, 15) is 4.21 Å². The molecule has 0 fully saturated rings. The maximum absolute atomic E-state index is 10.7. The van der Waals surface area contributed by atoms with Gasteiger partial charge in [-0.1, -0.05) is 24.3 Å². The van der Waals surface area contributed by atoms with Gasteiger partial charge >= 0.3 is 0 Å². The summed E-state index contributed by atoms with van der Waals surface area (Å²) in [6.45, 7) is 0. The molecule has 2 nitrogen and oxygen atoms in total. The van der Waals surface area contributed by atoms with E-state index in [1.54, 1.807) is 24.3 Å². The Labute approximate surface area is 73.6 Å². The largest absolute Gasteiger partial charge is 0.440 e. The van der Waals surface area contributed by atoms with Crippen LogP contribution in [0.3, 0.4) is 0 Å². The molecule has 1 N–H and O–H groups in total. The average Bonchev–Trinajstić information content (AvgIpc) is 2.06. The highest BCUT2D eigenvalue weighted by Gasteiger charge is 1.87. The van der Waals surface area contributed by atoms with Crippen molar-refractivity contribution in [2.75, 3.05) is 0 Å². The standard InChI is InChI=1S/C9H8NOS/c1-2-3-8-4-6-9(7-5-8)12(10)11/h1,4-7,10H,3H2/q-1. The molecule has 0 aliphatic heterocycles. The molecule has 1 aromatic rings. The normalized spacial score (nSPS) is 9.67. The van der Waals surface area contributed by atoms with Gasteiger partial charge in [-0.15, -0.1) is 17.2 Å². The van der Waals surface area contributed by atoms with Crippen LogP contribution in [0.2, 0.25) is 0 Å². The molecule has 62 valence electrons. The molecule has 0 saturated carbocycles. The third-order valence-corrected chi connectivity index (χ3v) is 2.14. The second kappa shape index (κ2) is 3.93.